The number of hydrogen-bond acceptors (Lipinski definition) is 15. The van der Waals surface area contributed by atoms with E-state index in [0.29, 0.717) is 24.3 Å². The second-order valence-electron chi connectivity index (χ2n) is 14.6. The highest BCUT2D eigenvalue weighted by atomic mass is 35.5. The van der Waals surface area contributed by atoms with Crippen LogP contribution in [0.1, 0.15) is 23.2 Å². The van der Waals surface area contributed by atoms with Crippen LogP contribution < -0.4 is 0 Å². The van der Waals surface area contributed by atoms with Crippen LogP contribution in [-0.4, -0.2) is 125 Å². The van der Waals surface area contributed by atoms with Crippen molar-refractivity contribution in [2.75, 3.05) is 13.2 Å². The fourth-order valence-electron chi connectivity index (χ4n) is 7.83. The molecule has 0 radical (unpaired) electrons. The molecule has 2 aromatic carbocycles. The van der Waals surface area contributed by atoms with Gasteiger partial charge in [-0.1, -0.05) is 33.6 Å². The van der Waals surface area contributed by atoms with E-state index < -0.39 is 117 Å². The lowest BCUT2D eigenvalue weighted by atomic mass is 9.88. The van der Waals surface area contributed by atoms with Gasteiger partial charge in [0.1, 0.15) is 70.9 Å². The van der Waals surface area contributed by atoms with Crippen molar-refractivity contribution < 1.29 is 70.7 Å². The van der Waals surface area contributed by atoms with Crippen molar-refractivity contribution in [2.45, 2.75) is 58.6 Å². The third kappa shape index (κ3) is 7.44. The summed E-state index contributed by atoms with van der Waals surface area (Å²) in [7, 11) is -3.32. The monoisotopic (exact) mass is 958 g/mol. The van der Waals surface area contributed by atoms with Crippen LogP contribution in [0.4, 0.5) is 26.3 Å². The number of halogens is 8. The maximum absolute atomic E-state index is 16.3. The molecule has 0 bridgehead atoms. The SMILES string of the molecule is O=S(C1(c2cncc(Cl)c2)OC(CO)C(O)C(n2cc(-c3cc(F)c(F)c(F)c3)nn2)C1O)C1(c2cncc(Cl)c2)OC(CO)C(O)C(n2cc(-c3cc(F)c(F)c(F)c3)nn2)C1O. The molecule has 6 N–H and O–H groups in total. The van der Waals surface area contributed by atoms with Gasteiger partial charge in [-0.2, -0.15) is 0 Å². The number of rotatable bonds is 10. The van der Waals surface area contributed by atoms with E-state index in [2.05, 4.69) is 30.6 Å². The summed E-state index contributed by atoms with van der Waals surface area (Å²) in [6.45, 7) is -2.18. The van der Waals surface area contributed by atoms with E-state index in [1.165, 1.54) is 0 Å². The molecule has 0 spiro atoms. The summed E-state index contributed by atoms with van der Waals surface area (Å²) in [5.74, 6) is -9.91. The molecule has 0 aliphatic carbocycles. The number of aromatic nitrogens is 8. The molecule has 10 unspecified atom stereocenters. The van der Waals surface area contributed by atoms with Crippen LogP contribution in [0.15, 0.2) is 73.6 Å². The molecule has 17 nitrogen and oxygen atoms in total. The molecular formula is C38H30Cl2F6N8O9S. The lowest BCUT2D eigenvalue weighted by molar-refractivity contribution is -0.243. The first kappa shape index (κ1) is 45.6. The fraction of sp³-hybridized carbons (Fsp3) is 0.316. The normalized spacial score (nSPS) is 28.9. The molecule has 4 aromatic heterocycles. The van der Waals surface area contributed by atoms with E-state index in [1.54, 1.807) is 0 Å². The van der Waals surface area contributed by atoms with Crippen molar-refractivity contribution in [1.29, 1.82) is 0 Å². The first-order valence-corrected chi connectivity index (χ1v) is 20.4. The van der Waals surface area contributed by atoms with Crippen molar-refractivity contribution in [1.82, 2.24) is 40.0 Å². The smallest absolute Gasteiger partial charge is 0.201 e. The number of aliphatic hydroxyl groups is 6. The van der Waals surface area contributed by atoms with Gasteiger partial charge < -0.3 is 40.1 Å². The predicted molar refractivity (Wildman–Crippen MR) is 207 cm³/mol. The highest BCUT2D eigenvalue weighted by Crippen LogP contribution is 2.55. The molecule has 338 valence electrons. The summed E-state index contributed by atoms with van der Waals surface area (Å²) in [5.41, 5.74) is -2.09. The van der Waals surface area contributed by atoms with Crippen molar-refractivity contribution in [3.63, 3.8) is 0 Å². The van der Waals surface area contributed by atoms with E-state index in [-0.39, 0.29) is 43.7 Å². The van der Waals surface area contributed by atoms with Gasteiger partial charge in [0.15, 0.2) is 34.9 Å². The van der Waals surface area contributed by atoms with Gasteiger partial charge in [-0.25, -0.2) is 35.7 Å². The Kier molecular flexibility index (Phi) is 12.4. The van der Waals surface area contributed by atoms with E-state index >= 15 is 4.21 Å². The zero-order chi connectivity index (χ0) is 46.0. The van der Waals surface area contributed by atoms with Crippen molar-refractivity contribution >= 4 is 34.0 Å². The minimum atomic E-state index is -3.32. The number of pyridine rings is 2. The van der Waals surface area contributed by atoms with Gasteiger partial charge in [0.05, 0.1) is 35.7 Å². The quantitative estimate of drug-likeness (QED) is 0.0854. The molecule has 2 aliphatic rings. The zero-order valence-corrected chi connectivity index (χ0v) is 34.2. The Labute approximate surface area is 367 Å². The Bertz CT molecular complexity index is 2540. The van der Waals surface area contributed by atoms with Crippen LogP contribution in [0, 0.1) is 34.9 Å². The third-order valence-corrected chi connectivity index (χ3v) is 13.5. The Balaban J connectivity index is 1.34. The topological polar surface area (TPSA) is 244 Å². The summed E-state index contributed by atoms with van der Waals surface area (Å²) < 4.78 is 115. The second kappa shape index (κ2) is 17.4. The molecule has 0 amide bonds. The first-order chi connectivity index (χ1) is 30.5. The molecule has 6 aromatic rings. The average molecular weight is 960 g/mol. The summed E-state index contributed by atoms with van der Waals surface area (Å²) in [6.07, 6.45) is -6.27. The van der Waals surface area contributed by atoms with Gasteiger partial charge in [0.2, 0.25) is 9.87 Å². The Hall–Kier alpha value is -4.99. The molecule has 2 saturated heterocycles. The Morgan fingerprint density at radius 1 is 0.609 bits per heavy atom. The second-order valence-corrected chi connectivity index (χ2v) is 17.2. The van der Waals surface area contributed by atoms with Crippen molar-refractivity contribution in [3.05, 3.63) is 130 Å². The molecular weight excluding hydrogens is 929 g/mol. The number of benzene rings is 2. The number of ether oxygens (including phenoxy) is 2. The molecule has 2 fully saturated rings. The minimum absolute atomic E-state index is 0.162. The van der Waals surface area contributed by atoms with Gasteiger partial charge in [-0.05, 0) is 36.4 Å². The maximum Gasteiger partial charge on any atom is 0.201 e. The molecule has 0 saturated carbocycles. The minimum Gasteiger partial charge on any atom is -0.394 e. The van der Waals surface area contributed by atoms with Crippen LogP contribution in [0.2, 0.25) is 10.0 Å². The molecule has 2 aliphatic heterocycles. The summed E-state index contributed by atoms with van der Waals surface area (Å²) >= 11 is 12.8. The van der Waals surface area contributed by atoms with Gasteiger partial charge in [-0.15, -0.1) is 10.2 Å². The number of nitrogens with zero attached hydrogens (tertiary/aromatic N) is 8. The molecule has 10 atom stereocenters. The lowest BCUT2D eigenvalue weighted by Gasteiger charge is -2.55. The van der Waals surface area contributed by atoms with Crippen LogP contribution in [0.25, 0.3) is 22.5 Å². The van der Waals surface area contributed by atoms with E-state index in [1.807, 2.05) is 0 Å². The molecule has 64 heavy (non-hydrogen) atoms. The maximum atomic E-state index is 16.3. The average Bonchev–Trinajstić information content (AvgIpc) is 3.96. The van der Waals surface area contributed by atoms with E-state index in [9.17, 15) is 57.0 Å². The number of hydrogen-bond donors (Lipinski definition) is 6. The summed E-state index contributed by atoms with van der Waals surface area (Å²) in [6, 6.07) is 0.799. The summed E-state index contributed by atoms with van der Waals surface area (Å²) in [5, 5.41) is 85.5. The Morgan fingerprint density at radius 2 is 0.969 bits per heavy atom. The zero-order valence-electron chi connectivity index (χ0n) is 31.9. The first-order valence-electron chi connectivity index (χ1n) is 18.5. The lowest BCUT2D eigenvalue weighted by Crippen LogP contribution is -2.70. The summed E-state index contributed by atoms with van der Waals surface area (Å²) in [4.78, 5) is 2.22. The molecule has 6 heterocycles. The van der Waals surface area contributed by atoms with Crippen LogP contribution in [-0.2, 0) is 30.1 Å². The van der Waals surface area contributed by atoms with Gasteiger partial charge in [0, 0.05) is 47.0 Å². The van der Waals surface area contributed by atoms with E-state index in [0.717, 1.165) is 58.7 Å². The van der Waals surface area contributed by atoms with Gasteiger partial charge in [0.25, 0.3) is 0 Å². The number of aliphatic hydroxyl groups excluding tert-OH is 6. The van der Waals surface area contributed by atoms with Crippen LogP contribution in [0.3, 0.4) is 0 Å². The van der Waals surface area contributed by atoms with E-state index in [4.69, 9.17) is 32.7 Å². The highest BCUT2D eigenvalue weighted by molar-refractivity contribution is 7.86. The Morgan fingerprint density at radius 3 is 1.30 bits per heavy atom. The predicted octanol–water partition coefficient (Wildman–Crippen LogP) is 2.60. The highest BCUT2D eigenvalue weighted by Gasteiger charge is 2.69. The molecule has 26 heteroatoms. The van der Waals surface area contributed by atoms with Crippen molar-refractivity contribution in [3.8, 4) is 22.5 Å². The standard InChI is InChI=1S/C38H30Cl2F6N8O9S/c39-19-5-17(7-47-9-19)37(35(59)31(33(57)27(13-55)62-37)53-11-25(49-51-53)15-1-21(41)29(45)22(42)2-15)64(61)38(18-6-20(40)10-48-8-18)36(60)32(34(58)28(14-56)63-38)54-12-26(50-52-54)16-3-23(43)30(46)24(44)4-16/h1-12,27-28,31-36,55-60H,13-14H2. The van der Waals surface area contributed by atoms with Crippen LogP contribution in [0.5, 0.6) is 0 Å². The fourth-order valence-corrected chi connectivity index (χ4v) is 10.4. The van der Waals surface area contributed by atoms with Crippen LogP contribution >= 0.6 is 23.2 Å². The largest absolute Gasteiger partial charge is 0.394 e. The third-order valence-electron chi connectivity index (χ3n) is 10.9. The molecule has 8 rings (SSSR count). The van der Waals surface area contributed by atoms with Crippen molar-refractivity contribution in [2.24, 2.45) is 0 Å². The van der Waals surface area contributed by atoms with Gasteiger partial charge in [-0.3, -0.25) is 14.2 Å². The van der Waals surface area contributed by atoms with Gasteiger partial charge >= 0.3 is 0 Å².